The maximum absolute atomic E-state index is 12.8. The van der Waals surface area contributed by atoms with E-state index in [4.69, 9.17) is 0 Å². The molecule has 0 aliphatic carbocycles. The number of hydrazone groups is 1. The van der Waals surface area contributed by atoms with Crippen molar-refractivity contribution in [3.8, 4) is 0 Å². The van der Waals surface area contributed by atoms with Crippen molar-refractivity contribution < 1.29 is 4.79 Å². The third kappa shape index (κ3) is 3.95. The minimum Gasteiger partial charge on any atom is -0.377 e. The Balaban J connectivity index is 1.39. The fraction of sp³-hybridized carbons (Fsp3) is 0.304. The number of carbonyl (C=O) groups is 1. The van der Waals surface area contributed by atoms with E-state index < -0.39 is 0 Å². The standard InChI is InChI=1S/C23H25N3O/c1-18-22(23(27)26(24-18)21-10-6-3-7-11-21)17-25-14-12-20(13-15-25)16-19-8-4-2-5-9-19/h2-11,17,20H,12-16H2,1H3/b22-17+. The van der Waals surface area contributed by atoms with Gasteiger partial charge in [-0.15, -0.1) is 0 Å². The third-order valence-corrected chi connectivity index (χ3v) is 5.39. The summed E-state index contributed by atoms with van der Waals surface area (Å²) in [5.74, 6) is 0.682. The SMILES string of the molecule is CC1=NN(c2ccccc2)C(=O)/C1=C/N1CCC(Cc2ccccc2)CC1. The van der Waals surface area contributed by atoms with Crippen LogP contribution in [0.15, 0.2) is 77.5 Å². The molecule has 4 rings (SSSR count). The molecule has 2 aromatic rings. The lowest BCUT2D eigenvalue weighted by Crippen LogP contribution is -2.32. The number of carbonyl (C=O) groups excluding carboxylic acids is 1. The second kappa shape index (κ2) is 7.78. The molecule has 1 fully saturated rings. The Kier molecular flexibility index (Phi) is 5.05. The van der Waals surface area contributed by atoms with Crippen molar-refractivity contribution in [1.29, 1.82) is 0 Å². The molecule has 0 unspecified atom stereocenters. The predicted molar refractivity (Wildman–Crippen MR) is 110 cm³/mol. The Bertz CT molecular complexity index is 850. The van der Waals surface area contributed by atoms with E-state index in [-0.39, 0.29) is 5.91 Å². The predicted octanol–water partition coefficient (Wildman–Crippen LogP) is 4.25. The lowest BCUT2D eigenvalue weighted by Gasteiger charge is -2.31. The number of nitrogens with zero attached hydrogens (tertiary/aromatic N) is 3. The molecule has 2 heterocycles. The zero-order chi connectivity index (χ0) is 18.6. The first-order valence-corrected chi connectivity index (χ1v) is 9.65. The molecule has 2 aliphatic heterocycles. The Morgan fingerprint density at radius 3 is 2.30 bits per heavy atom. The van der Waals surface area contributed by atoms with Crippen molar-refractivity contribution >= 4 is 17.3 Å². The number of hydrogen-bond acceptors (Lipinski definition) is 3. The normalized spacial score (nSPS) is 19.7. The highest BCUT2D eigenvalue weighted by Crippen LogP contribution is 2.26. The van der Waals surface area contributed by atoms with Crippen LogP contribution in [0.1, 0.15) is 25.3 Å². The summed E-state index contributed by atoms with van der Waals surface area (Å²) in [4.78, 5) is 15.1. The highest BCUT2D eigenvalue weighted by molar-refractivity contribution is 6.29. The lowest BCUT2D eigenvalue weighted by molar-refractivity contribution is -0.114. The molecule has 0 aromatic heterocycles. The number of piperidine rings is 1. The first kappa shape index (κ1) is 17.5. The van der Waals surface area contributed by atoms with Crippen molar-refractivity contribution in [1.82, 2.24) is 4.90 Å². The van der Waals surface area contributed by atoms with Crippen LogP contribution in [0.2, 0.25) is 0 Å². The van der Waals surface area contributed by atoms with Gasteiger partial charge < -0.3 is 4.90 Å². The van der Waals surface area contributed by atoms with E-state index in [1.165, 1.54) is 10.6 Å². The van der Waals surface area contributed by atoms with E-state index in [1.807, 2.05) is 43.5 Å². The van der Waals surface area contributed by atoms with Gasteiger partial charge in [-0.05, 0) is 49.8 Å². The molecule has 0 radical (unpaired) electrons. The molecule has 0 atom stereocenters. The van der Waals surface area contributed by atoms with Gasteiger partial charge in [-0.25, -0.2) is 0 Å². The zero-order valence-electron chi connectivity index (χ0n) is 15.7. The van der Waals surface area contributed by atoms with E-state index in [2.05, 4.69) is 40.3 Å². The molecule has 1 amide bonds. The summed E-state index contributed by atoms with van der Waals surface area (Å²) in [7, 11) is 0. The van der Waals surface area contributed by atoms with Crippen molar-refractivity contribution in [2.24, 2.45) is 11.0 Å². The average Bonchev–Trinajstić information content (AvgIpc) is 2.99. The van der Waals surface area contributed by atoms with Crippen LogP contribution in [0, 0.1) is 5.92 Å². The van der Waals surface area contributed by atoms with Crippen molar-refractivity contribution in [2.75, 3.05) is 18.1 Å². The van der Waals surface area contributed by atoms with E-state index >= 15 is 0 Å². The minimum atomic E-state index is -0.0369. The van der Waals surface area contributed by atoms with Gasteiger partial charge in [0.15, 0.2) is 0 Å². The molecule has 1 saturated heterocycles. The Hall–Kier alpha value is -2.88. The van der Waals surface area contributed by atoms with Crippen LogP contribution in [0.5, 0.6) is 0 Å². The Morgan fingerprint density at radius 1 is 1.00 bits per heavy atom. The summed E-state index contributed by atoms with van der Waals surface area (Å²) in [6, 6.07) is 20.3. The molecule has 0 N–H and O–H groups in total. The van der Waals surface area contributed by atoms with Gasteiger partial charge in [-0.1, -0.05) is 48.5 Å². The van der Waals surface area contributed by atoms with Gasteiger partial charge in [0.25, 0.3) is 5.91 Å². The summed E-state index contributed by atoms with van der Waals surface area (Å²) in [6.45, 7) is 3.90. The first-order valence-electron chi connectivity index (χ1n) is 9.65. The van der Waals surface area contributed by atoms with Crippen molar-refractivity contribution in [3.63, 3.8) is 0 Å². The van der Waals surface area contributed by atoms with Crippen LogP contribution in [0.3, 0.4) is 0 Å². The van der Waals surface area contributed by atoms with Crippen molar-refractivity contribution in [3.05, 3.63) is 78.0 Å². The van der Waals surface area contributed by atoms with Crippen LogP contribution >= 0.6 is 0 Å². The van der Waals surface area contributed by atoms with Gasteiger partial charge in [0.1, 0.15) is 0 Å². The summed E-state index contributed by atoms with van der Waals surface area (Å²) in [5, 5.41) is 5.97. The summed E-state index contributed by atoms with van der Waals surface area (Å²) < 4.78 is 0. The minimum absolute atomic E-state index is 0.0369. The second-order valence-corrected chi connectivity index (χ2v) is 7.35. The van der Waals surface area contributed by atoms with E-state index in [9.17, 15) is 4.79 Å². The second-order valence-electron chi connectivity index (χ2n) is 7.35. The molecular weight excluding hydrogens is 334 g/mol. The smallest absolute Gasteiger partial charge is 0.282 e. The Labute approximate surface area is 160 Å². The molecule has 4 heteroatoms. The van der Waals surface area contributed by atoms with Crippen molar-refractivity contribution in [2.45, 2.75) is 26.2 Å². The van der Waals surface area contributed by atoms with Gasteiger partial charge in [0.05, 0.1) is 17.0 Å². The highest BCUT2D eigenvalue weighted by Gasteiger charge is 2.30. The number of anilines is 1. The maximum atomic E-state index is 12.8. The van der Waals surface area contributed by atoms with Gasteiger partial charge in [0.2, 0.25) is 0 Å². The van der Waals surface area contributed by atoms with Crippen LogP contribution in [-0.2, 0) is 11.2 Å². The third-order valence-electron chi connectivity index (χ3n) is 5.39. The van der Waals surface area contributed by atoms with Gasteiger partial charge in [0, 0.05) is 19.3 Å². The van der Waals surface area contributed by atoms with Crippen LogP contribution in [0.4, 0.5) is 5.69 Å². The maximum Gasteiger partial charge on any atom is 0.282 e. The number of para-hydroxylation sites is 1. The molecule has 0 saturated carbocycles. The number of benzene rings is 2. The van der Waals surface area contributed by atoms with Crippen LogP contribution < -0.4 is 5.01 Å². The molecule has 27 heavy (non-hydrogen) atoms. The topological polar surface area (TPSA) is 35.9 Å². The van der Waals surface area contributed by atoms with Crippen LogP contribution in [-0.4, -0.2) is 29.6 Å². The fourth-order valence-electron chi connectivity index (χ4n) is 3.83. The molecule has 2 aromatic carbocycles. The summed E-state index contributed by atoms with van der Waals surface area (Å²) >= 11 is 0. The number of hydrogen-bond donors (Lipinski definition) is 0. The molecule has 0 bridgehead atoms. The molecule has 0 spiro atoms. The van der Waals surface area contributed by atoms with E-state index in [0.717, 1.165) is 49.7 Å². The van der Waals surface area contributed by atoms with Crippen LogP contribution in [0.25, 0.3) is 0 Å². The molecular formula is C23H25N3O. The first-order chi connectivity index (χ1) is 13.2. The number of rotatable bonds is 4. The monoisotopic (exact) mass is 359 g/mol. The zero-order valence-corrected chi connectivity index (χ0v) is 15.7. The molecule has 138 valence electrons. The van der Waals surface area contributed by atoms with Gasteiger partial charge in [-0.2, -0.15) is 10.1 Å². The van der Waals surface area contributed by atoms with Gasteiger partial charge >= 0.3 is 0 Å². The van der Waals surface area contributed by atoms with E-state index in [1.54, 1.807) is 0 Å². The summed E-state index contributed by atoms with van der Waals surface area (Å²) in [6.07, 6.45) is 5.48. The summed E-state index contributed by atoms with van der Waals surface area (Å²) in [5.41, 5.74) is 3.73. The van der Waals surface area contributed by atoms with E-state index in [0.29, 0.717) is 5.57 Å². The Morgan fingerprint density at radius 2 is 1.63 bits per heavy atom. The average molecular weight is 359 g/mol. The molecule has 2 aliphatic rings. The lowest BCUT2D eigenvalue weighted by atomic mass is 9.90. The quantitative estimate of drug-likeness (QED) is 0.765. The number of likely N-dealkylation sites (tertiary alicyclic amines) is 1. The van der Waals surface area contributed by atoms with Gasteiger partial charge in [-0.3, -0.25) is 4.79 Å². The largest absolute Gasteiger partial charge is 0.377 e. The molecule has 4 nitrogen and oxygen atoms in total. The number of amides is 1. The highest BCUT2D eigenvalue weighted by atomic mass is 16.2. The fourth-order valence-corrected chi connectivity index (χ4v) is 3.83.